The first-order valence-electron chi connectivity index (χ1n) is 1.55. The van der Waals surface area contributed by atoms with E-state index in [0.29, 0.717) is 0 Å². The van der Waals surface area contributed by atoms with Crippen LogP contribution < -0.4 is 29.6 Å². The average molecular weight is 291 g/mol. The average Bonchev–Trinajstić information content (AvgIpc) is 1.54. The summed E-state index contributed by atoms with van der Waals surface area (Å²) in [7, 11) is 0. The molecule has 3 unspecified atom stereocenters. The first kappa shape index (κ1) is 29.7. The van der Waals surface area contributed by atoms with Crippen LogP contribution in [0.1, 0.15) is 0 Å². The van der Waals surface area contributed by atoms with Gasteiger partial charge in [-0.2, -0.15) is 0 Å². The molecule has 0 aromatic heterocycles. The zero-order chi connectivity index (χ0) is 10.7. The molecular weight excluding hydrogens is 287 g/mol. The van der Waals surface area contributed by atoms with Crippen molar-refractivity contribution in [2.45, 2.75) is 0 Å². The fourth-order valence-electron chi connectivity index (χ4n) is 0. The Balaban J connectivity index is -0.0000000270. The SMILES string of the molecule is O=S([O-])O.O=S([O-])O.O=S([O-])O.[Mg+2].[Na+]. The molecule has 0 bridgehead atoms. The molecular formula is H3MgNaO9S3. The molecule has 14 heteroatoms. The van der Waals surface area contributed by atoms with E-state index in [9.17, 15) is 0 Å². The van der Waals surface area contributed by atoms with E-state index < -0.39 is 34.1 Å². The first-order chi connectivity index (χ1) is 5.20. The minimum atomic E-state index is -2.86. The van der Waals surface area contributed by atoms with Gasteiger partial charge in [-0.25, -0.2) is 12.6 Å². The summed E-state index contributed by atoms with van der Waals surface area (Å²) in [5.74, 6) is 0. The molecule has 78 valence electrons. The van der Waals surface area contributed by atoms with Gasteiger partial charge in [0, 0.05) is 0 Å². The molecule has 0 spiro atoms. The zero-order valence-electron chi connectivity index (χ0n) is 6.72. The van der Waals surface area contributed by atoms with E-state index in [1.54, 1.807) is 0 Å². The normalized spacial score (nSPS) is 13.3. The van der Waals surface area contributed by atoms with Crippen LogP contribution in [0.3, 0.4) is 0 Å². The number of hydrogen-bond donors (Lipinski definition) is 3. The summed E-state index contributed by atoms with van der Waals surface area (Å²) in [6.45, 7) is 0. The van der Waals surface area contributed by atoms with Gasteiger partial charge >= 0.3 is 52.6 Å². The minimum absolute atomic E-state index is 0. The van der Waals surface area contributed by atoms with E-state index in [1.165, 1.54) is 0 Å². The van der Waals surface area contributed by atoms with Crippen molar-refractivity contribution in [2.75, 3.05) is 0 Å². The monoisotopic (exact) mass is 290 g/mol. The molecule has 0 heterocycles. The molecule has 0 aromatic rings. The molecule has 0 rings (SSSR count). The van der Waals surface area contributed by atoms with Gasteiger partial charge in [0.1, 0.15) is 0 Å². The van der Waals surface area contributed by atoms with Gasteiger partial charge in [0.25, 0.3) is 0 Å². The molecule has 0 aliphatic heterocycles. The van der Waals surface area contributed by atoms with Gasteiger partial charge < -0.3 is 27.3 Å². The van der Waals surface area contributed by atoms with Gasteiger partial charge in [0.2, 0.25) is 0 Å². The Hall–Kier alpha value is 1.98. The van der Waals surface area contributed by atoms with Gasteiger partial charge in [-0.3, -0.25) is 0 Å². The zero-order valence-corrected chi connectivity index (χ0v) is 12.6. The van der Waals surface area contributed by atoms with E-state index in [4.69, 9.17) is 39.9 Å². The molecule has 0 saturated carbocycles. The number of hydrogen-bond acceptors (Lipinski definition) is 6. The summed E-state index contributed by atoms with van der Waals surface area (Å²) in [4.78, 5) is 0. The predicted molar refractivity (Wildman–Crippen MR) is 40.4 cm³/mol. The molecule has 0 fully saturated rings. The Kier molecular flexibility index (Phi) is 51.6. The summed E-state index contributed by atoms with van der Waals surface area (Å²) in [6, 6.07) is 0. The standard InChI is InChI=1S/Mg.Na.3H2O3S/c;;3*1-4(2)3/h;;3*(H2,1,2,3)/q+2;+1;;;/p-3. The maximum Gasteiger partial charge on any atom is 2.00 e. The van der Waals surface area contributed by atoms with Gasteiger partial charge in [-0.05, 0) is 0 Å². The molecule has 9 nitrogen and oxygen atoms in total. The molecule has 0 radical (unpaired) electrons. The van der Waals surface area contributed by atoms with E-state index in [-0.39, 0.29) is 52.6 Å². The summed E-state index contributed by atoms with van der Waals surface area (Å²) in [5, 5.41) is 0. The molecule has 0 aliphatic carbocycles. The molecule has 0 amide bonds. The number of rotatable bonds is 0. The van der Waals surface area contributed by atoms with Crippen molar-refractivity contribution < 1.29 is 69.5 Å². The second-order valence-electron chi connectivity index (χ2n) is 0.651. The Bertz CT molecular complexity index is 118. The van der Waals surface area contributed by atoms with Crippen molar-refractivity contribution in [3.63, 3.8) is 0 Å². The third-order valence-corrected chi connectivity index (χ3v) is 0. The van der Waals surface area contributed by atoms with Crippen LogP contribution in [-0.2, 0) is 34.1 Å². The summed E-state index contributed by atoms with van der Waals surface area (Å²) < 4.78 is 72.2. The Morgan fingerprint density at radius 3 is 0.714 bits per heavy atom. The molecule has 0 saturated heterocycles. The predicted octanol–water partition coefficient (Wildman–Crippen LogP) is -5.36. The summed E-state index contributed by atoms with van der Waals surface area (Å²) in [6.07, 6.45) is 0. The van der Waals surface area contributed by atoms with E-state index >= 15 is 0 Å². The van der Waals surface area contributed by atoms with Crippen LogP contribution in [0.4, 0.5) is 0 Å². The molecule has 3 N–H and O–H groups in total. The van der Waals surface area contributed by atoms with E-state index in [0.717, 1.165) is 0 Å². The molecule has 14 heavy (non-hydrogen) atoms. The van der Waals surface area contributed by atoms with Crippen molar-refractivity contribution in [3.05, 3.63) is 0 Å². The van der Waals surface area contributed by atoms with E-state index in [1.807, 2.05) is 0 Å². The third kappa shape index (κ3) is 603. The van der Waals surface area contributed by atoms with Gasteiger partial charge in [0.05, 0.1) is 34.1 Å². The summed E-state index contributed by atoms with van der Waals surface area (Å²) in [5.41, 5.74) is 0. The van der Waals surface area contributed by atoms with Crippen LogP contribution in [0.15, 0.2) is 0 Å². The fourth-order valence-corrected chi connectivity index (χ4v) is 0. The van der Waals surface area contributed by atoms with Crippen molar-refractivity contribution in [1.82, 2.24) is 0 Å². The summed E-state index contributed by atoms with van der Waals surface area (Å²) >= 11 is -8.58. The second kappa shape index (κ2) is 24.3. The fraction of sp³-hybridized carbons (Fsp3) is 0. The quantitative estimate of drug-likeness (QED) is 0.289. The Morgan fingerprint density at radius 1 is 0.714 bits per heavy atom. The Morgan fingerprint density at radius 2 is 0.714 bits per heavy atom. The minimum Gasteiger partial charge on any atom is -0.750 e. The maximum atomic E-state index is 8.56. The van der Waals surface area contributed by atoms with Crippen LogP contribution >= 0.6 is 0 Å². The van der Waals surface area contributed by atoms with Crippen LogP contribution in [0.5, 0.6) is 0 Å². The van der Waals surface area contributed by atoms with Gasteiger partial charge in [0.15, 0.2) is 0 Å². The third-order valence-electron chi connectivity index (χ3n) is 0. The van der Waals surface area contributed by atoms with Crippen molar-refractivity contribution in [2.24, 2.45) is 0 Å². The van der Waals surface area contributed by atoms with Crippen LogP contribution in [-0.4, -0.2) is 63.0 Å². The molecule has 3 atom stereocenters. The van der Waals surface area contributed by atoms with Crippen LogP contribution in [0.25, 0.3) is 0 Å². The van der Waals surface area contributed by atoms with Gasteiger partial charge in [-0.15, -0.1) is 0 Å². The van der Waals surface area contributed by atoms with Crippen molar-refractivity contribution in [1.29, 1.82) is 0 Å². The van der Waals surface area contributed by atoms with Crippen LogP contribution in [0.2, 0.25) is 0 Å². The smallest absolute Gasteiger partial charge is 0.750 e. The maximum absolute atomic E-state index is 8.56. The van der Waals surface area contributed by atoms with Crippen molar-refractivity contribution >= 4 is 57.1 Å². The Labute approximate surface area is 125 Å². The van der Waals surface area contributed by atoms with Crippen LogP contribution in [0, 0.1) is 0 Å². The largest absolute Gasteiger partial charge is 2.00 e. The second-order valence-corrected chi connectivity index (χ2v) is 1.95. The van der Waals surface area contributed by atoms with E-state index in [2.05, 4.69) is 0 Å². The first-order valence-corrected chi connectivity index (χ1v) is 4.64. The molecule has 0 aliphatic rings. The van der Waals surface area contributed by atoms with Gasteiger partial charge in [-0.1, -0.05) is 0 Å². The molecule has 0 aromatic carbocycles. The van der Waals surface area contributed by atoms with Crippen molar-refractivity contribution in [3.8, 4) is 0 Å². The topological polar surface area (TPSA) is 181 Å².